The third-order valence-electron chi connectivity index (χ3n) is 1.78. The monoisotopic (exact) mass is 202 g/mol. The molecule has 1 rings (SSSR count). The van der Waals surface area contributed by atoms with Gasteiger partial charge in [0.2, 0.25) is 0 Å². The summed E-state index contributed by atoms with van der Waals surface area (Å²) in [5, 5.41) is 0. The highest BCUT2D eigenvalue weighted by atomic mass is 79.9. The Morgan fingerprint density at radius 2 is 2.20 bits per heavy atom. The fourth-order valence-electron chi connectivity index (χ4n) is 1.05. The molecule has 0 aromatic rings. The van der Waals surface area contributed by atoms with E-state index in [-0.39, 0.29) is 11.2 Å². The number of hydrogen-bond donors (Lipinski definition) is 0. The van der Waals surface area contributed by atoms with Crippen molar-refractivity contribution in [2.45, 2.75) is 26.7 Å². The van der Waals surface area contributed by atoms with E-state index in [1.165, 1.54) is 0 Å². The highest BCUT2D eigenvalue weighted by Crippen LogP contribution is 2.33. The second-order valence-corrected chi connectivity index (χ2v) is 4.26. The molecule has 0 amide bonds. The van der Waals surface area contributed by atoms with E-state index in [9.17, 15) is 4.79 Å². The van der Waals surface area contributed by atoms with E-state index < -0.39 is 0 Å². The Balaban J connectivity index is 2.86. The number of rotatable bonds is 0. The predicted molar refractivity (Wildman–Crippen MR) is 45.0 cm³/mol. The first kappa shape index (κ1) is 7.99. The van der Waals surface area contributed by atoms with Crippen LogP contribution in [-0.2, 0) is 4.79 Å². The van der Waals surface area contributed by atoms with Gasteiger partial charge in [-0.05, 0) is 27.8 Å². The summed E-state index contributed by atoms with van der Waals surface area (Å²) >= 11 is 3.24. The largest absolute Gasteiger partial charge is 0.294 e. The number of carbonyl (C=O) groups is 1. The molecular weight excluding hydrogens is 192 g/mol. The van der Waals surface area contributed by atoms with Crippen molar-refractivity contribution in [3.8, 4) is 0 Å². The molecular formula is C8H11BrO. The van der Waals surface area contributed by atoms with Crippen LogP contribution in [0.2, 0.25) is 0 Å². The molecule has 0 atom stereocenters. The zero-order chi connectivity index (χ0) is 7.78. The van der Waals surface area contributed by atoms with Gasteiger partial charge in [0.15, 0.2) is 5.78 Å². The molecule has 0 saturated heterocycles. The molecule has 0 unspecified atom stereocenters. The summed E-state index contributed by atoms with van der Waals surface area (Å²) in [6.07, 6.45) is 3.66. The maximum atomic E-state index is 11.0. The van der Waals surface area contributed by atoms with E-state index in [4.69, 9.17) is 0 Å². The number of allylic oxidation sites excluding steroid dienone is 2. The lowest BCUT2D eigenvalue weighted by atomic mass is 9.83. The Morgan fingerprint density at radius 1 is 1.60 bits per heavy atom. The van der Waals surface area contributed by atoms with Crippen molar-refractivity contribution in [3.05, 3.63) is 10.6 Å². The second-order valence-electron chi connectivity index (χ2n) is 3.40. The first-order valence-electron chi connectivity index (χ1n) is 3.43. The summed E-state index contributed by atoms with van der Waals surface area (Å²) in [4.78, 5) is 11.0. The molecule has 0 aromatic heterocycles. The van der Waals surface area contributed by atoms with Crippen LogP contribution < -0.4 is 0 Å². The molecule has 2 heteroatoms. The van der Waals surface area contributed by atoms with Gasteiger partial charge in [-0.1, -0.05) is 19.9 Å². The van der Waals surface area contributed by atoms with Crippen molar-refractivity contribution in [1.82, 2.24) is 0 Å². The molecule has 0 bridgehead atoms. The van der Waals surface area contributed by atoms with Crippen LogP contribution in [0.3, 0.4) is 0 Å². The third kappa shape index (κ3) is 1.69. The molecule has 0 aliphatic heterocycles. The van der Waals surface area contributed by atoms with Crippen molar-refractivity contribution in [2.24, 2.45) is 5.41 Å². The van der Waals surface area contributed by atoms with Crippen LogP contribution in [0, 0.1) is 5.41 Å². The van der Waals surface area contributed by atoms with E-state index in [1.54, 1.807) is 0 Å². The molecule has 0 radical (unpaired) electrons. The number of ketones is 1. The number of halogens is 1. The summed E-state index contributed by atoms with van der Waals surface area (Å²) < 4.78 is 0.753. The zero-order valence-corrected chi connectivity index (χ0v) is 7.86. The summed E-state index contributed by atoms with van der Waals surface area (Å²) in [5.74, 6) is 0.235. The summed E-state index contributed by atoms with van der Waals surface area (Å²) in [6, 6.07) is 0. The molecule has 0 N–H and O–H groups in total. The Hall–Kier alpha value is -0.110. The molecule has 0 fully saturated rings. The lowest BCUT2D eigenvalue weighted by Gasteiger charge is -2.24. The SMILES string of the molecule is CC1(C)C=C(Br)C(=O)CC1. The smallest absolute Gasteiger partial charge is 0.169 e. The topological polar surface area (TPSA) is 17.1 Å². The second kappa shape index (κ2) is 2.50. The van der Waals surface area contributed by atoms with Crippen LogP contribution in [0.1, 0.15) is 26.7 Å². The molecule has 0 saturated carbocycles. The number of Topliss-reactive ketones (excluding diaryl/α,β-unsaturated/α-hetero) is 1. The average molecular weight is 203 g/mol. The van der Waals surface area contributed by atoms with Crippen LogP contribution in [0.5, 0.6) is 0 Å². The van der Waals surface area contributed by atoms with Crippen molar-refractivity contribution in [2.75, 3.05) is 0 Å². The highest BCUT2D eigenvalue weighted by molar-refractivity contribution is 9.12. The molecule has 0 spiro atoms. The van der Waals surface area contributed by atoms with Crippen LogP contribution in [-0.4, -0.2) is 5.78 Å². The summed E-state index contributed by atoms with van der Waals surface area (Å²) in [5.41, 5.74) is 0.201. The summed E-state index contributed by atoms with van der Waals surface area (Å²) in [6.45, 7) is 4.28. The minimum absolute atomic E-state index is 0.201. The van der Waals surface area contributed by atoms with Gasteiger partial charge in [0.25, 0.3) is 0 Å². The van der Waals surface area contributed by atoms with Gasteiger partial charge in [-0.3, -0.25) is 4.79 Å². The van der Waals surface area contributed by atoms with Crippen molar-refractivity contribution >= 4 is 21.7 Å². The Labute approximate surface area is 69.6 Å². The van der Waals surface area contributed by atoms with Crippen LogP contribution in [0.25, 0.3) is 0 Å². The van der Waals surface area contributed by atoms with E-state index in [2.05, 4.69) is 29.8 Å². The van der Waals surface area contributed by atoms with Gasteiger partial charge in [-0.25, -0.2) is 0 Å². The molecule has 1 aliphatic carbocycles. The molecule has 1 nitrogen and oxygen atoms in total. The van der Waals surface area contributed by atoms with E-state index >= 15 is 0 Å². The lowest BCUT2D eigenvalue weighted by Crippen LogP contribution is -2.17. The predicted octanol–water partition coefficient (Wildman–Crippen LogP) is 2.65. The van der Waals surface area contributed by atoms with Gasteiger partial charge < -0.3 is 0 Å². The molecule has 1 aliphatic rings. The molecule has 0 aromatic carbocycles. The van der Waals surface area contributed by atoms with Crippen molar-refractivity contribution < 1.29 is 4.79 Å². The van der Waals surface area contributed by atoms with Gasteiger partial charge in [-0.15, -0.1) is 0 Å². The van der Waals surface area contributed by atoms with Crippen molar-refractivity contribution in [1.29, 1.82) is 0 Å². The molecule has 0 heterocycles. The average Bonchev–Trinajstić information content (AvgIpc) is 1.79. The maximum Gasteiger partial charge on any atom is 0.169 e. The molecule has 56 valence electrons. The Morgan fingerprint density at radius 3 is 2.60 bits per heavy atom. The third-order valence-corrected chi connectivity index (χ3v) is 2.45. The first-order chi connectivity index (χ1) is 4.51. The van der Waals surface area contributed by atoms with Gasteiger partial charge in [0.1, 0.15) is 0 Å². The minimum Gasteiger partial charge on any atom is -0.294 e. The molecule has 10 heavy (non-hydrogen) atoms. The number of carbonyl (C=O) groups excluding carboxylic acids is 1. The fourth-order valence-corrected chi connectivity index (χ4v) is 1.87. The van der Waals surface area contributed by atoms with Crippen LogP contribution in [0.4, 0.5) is 0 Å². The first-order valence-corrected chi connectivity index (χ1v) is 4.22. The normalized spacial score (nSPS) is 24.3. The number of hydrogen-bond acceptors (Lipinski definition) is 1. The van der Waals surface area contributed by atoms with E-state index in [0.29, 0.717) is 6.42 Å². The quantitative estimate of drug-likeness (QED) is 0.591. The Kier molecular flexibility index (Phi) is 1.99. The van der Waals surface area contributed by atoms with Gasteiger partial charge in [0.05, 0.1) is 4.48 Å². The highest BCUT2D eigenvalue weighted by Gasteiger charge is 2.23. The van der Waals surface area contributed by atoms with Crippen molar-refractivity contribution in [3.63, 3.8) is 0 Å². The maximum absolute atomic E-state index is 11.0. The summed E-state index contributed by atoms with van der Waals surface area (Å²) in [7, 11) is 0. The van der Waals surface area contributed by atoms with Gasteiger partial charge >= 0.3 is 0 Å². The van der Waals surface area contributed by atoms with Gasteiger partial charge in [-0.2, -0.15) is 0 Å². The fraction of sp³-hybridized carbons (Fsp3) is 0.625. The van der Waals surface area contributed by atoms with E-state index in [0.717, 1.165) is 10.9 Å². The zero-order valence-electron chi connectivity index (χ0n) is 6.28. The Bertz CT molecular complexity index is 191. The van der Waals surface area contributed by atoms with E-state index in [1.807, 2.05) is 6.08 Å². The van der Waals surface area contributed by atoms with Crippen LogP contribution >= 0.6 is 15.9 Å². The lowest BCUT2D eigenvalue weighted by molar-refractivity contribution is -0.115. The van der Waals surface area contributed by atoms with Gasteiger partial charge in [0, 0.05) is 6.42 Å². The van der Waals surface area contributed by atoms with Crippen LogP contribution in [0.15, 0.2) is 10.6 Å². The standard InChI is InChI=1S/C8H11BrO/c1-8(2)4-3-7(10)6(9)5-8/h5H,3-4H2,1-2H3. The minimum atomic E-state index is 0.201.